The van der Waals surface area contributed by atoms with Crippen molar-refractivity contribution < 1.29 is 4.74 Å². The Hall–Kier alpha value is -1.59. The van der Waals surface area contributed by atoms with Crippen LogP contribution in [0.1, 0.15) is 31.4 Å². The molecule has 1 aromatic rings. The minimum atomic E-state index is 0.516. The number of rotatable bonds is 7. The molecule has 1 aliphatic rings. The lowest BCUT2D eigenvalue weighted by Gasteiger charge is -2.26. The van der Waals surface area contributed by atoms with Gasteiger partial charge in [-0.1, -0.05) is 32.0 Å². The number of anilines is 1. The van der Waals surface area contributed by atoms with Crippen molar-refractivity contribution in [1.82, 2.24) is 4.90 Å². The van der Waals surface area contributed by atoms with Crippen LogP contribution < -0.4 is 11.1 Å². The topological polar surface area (TPSA) is 62.9 Å². The summed E-state index contributed by atoms with van der Waals surface area (Å²) in [6.45, 7) is 9.90. The van der Waals surface area contributed by atoms with Gasteiger partial charge in [0.1, 0.15) is 0 Å². The molecule has 5 heteroatoms. The molecule has 0 radical (unpaired) electrons. The van der Waals surface area contributed by atoms with Gasteiger partial charge in [-0.05, 0) is 30.4 Å². The molecule has 0 bridgehead atoms. The van der Waals surface area contributed by atoms with Gasteiger partial charge >= 0.3 is 0 Å². The van der Waals surface area contributed by atoms with Crippen LogP contribution in [0.15, 0.2) is 23.2 Å². The Morgan fingerprint density at radius 2 is 1.87 bits per heavy atom. The fourth-order valence-electron chi connectivity index (χ4n) is 2.89. The van der Waals surface area contributed by atoms with Crippen LogP contribution >= 0.6 is 0 Å². The van der Waals surface area contributed by atoms with E-state index in [0.29, 0.717) is 5.96 Å². The number of guanidine groups is 1. The van der Waals surface area contributed by atoms with Crippen LogP contribution in [0.3, 0.4) is 0 Å². The van der Waals surface area contributed by atoms with Crippen molar-refractivity contribution in [3.05, 3.63) is 29.3 Å². The van der Waals surface area contributed by atoms with Gasteiger partial charge in [0.2, 0.25) is 0 Å². The largest absolute Gasteiger partial charge is 0.379 e. The summed E-state index contributed by atoms with van der Waals surface area (Å²) >= 11 is 0. The van der Waals surface area contributed by atoms with Crippen molar-refractivity contribution in [3.63, 3.8) is 0 Å². The molecule has 0 spiro atoms. The zero-order valence-electron chi connectivity index (χ0n) is 14.5. The lowest BCUT2D eigenvalue weighted by atomic mass is 10.0. The Morgan fingerprint density at radius 1 is 1.22 bits per heavy atom. The maximum absolute atomic E-state index is 6.08. The average Bonchev–Trinajstić information content (AvgIpc) is 2.60. The Morgan fingerprint density at radius 3 is 2.48 bits per heavy atom. The number of nitrogens with one attached hydrogen (secondary N) is 1. The maximum atomic E-state index is 6.08. The Kier molecular flexibility index (Phi) is 7.36. The summed E-state index contributed by atoms with van der Waals surface area (Å²) in [6.07, 6.45) is 3.00. The molecular weight excluding hydrogens is 288 g/mol. The number of nitrogens with zero attached hydrogens (tertiary/aromatic N) is 2. The first-order valence-corrected chi connectivity index (χ1v) is 8.72. The fourth-order valence-corrected chi connectivity index (χ4v) is 2.89. The highest BCUT2D eigenvalue weighted by molar-refractivity contribution is 5.93. The predicted molar refractivity (Wildman–Crippen MR) is 97.2 cm³/mol. The van der Waals surface area contributed by atoms with Gasteiger partial charge in [0.05, 0.1) is 13.2 Å². The third-order valence-electron chi connectivity index (χ3n) is 4.27. The summed E-state index contributed by atoms with van der Waals surface area (Å²) in [7, 11) is 0. The number of para-hydroxylation sites is 1. The number of nitrogens with two attached hydrogens (primary N) is 1. The van der Waals surface area contributed by atoms with Crippen LogP contribution in [0.2, 0.25) is 0 Å². The smallest absolute Gasteiger partial charge is 0.193 e. The van der Waals surface area contributed by atoms with Crippen molar-refractivity contribution in [2.75, 3.05) is 44.7 Å². The highest BCUT2D eigenvalue weighted by Crippen LogP contribution is 2.22. The standard InChI is InChI=1S/C18H30N4O/c1-3-15-7-5-8-16(4-2)17(15)21-18(19)20-9-6-10-22-11-13-23-14-12-22/h5,7-8H,3-4,6,9-14H2,1-2H3,(H3,19,20,21). The van der Waals surface area contributed by atoms with Crippen LogP contribution in [0, 0.1) is 0 Å². The third-order valence-corrected chi connectivity index (χ3v) is 4.27. The van der Waals surface area contributed by atoms with Gasteiger partial charge in [0.25, 0.3) is 0 Å². The molecule has 1 aromatic carbocycles. The van der Waals surface area contributed by atoms with Crippen molar-refractivity contribution in [2.45, 2.75) is 33.1 Å². The summed E-state index contributed by atoms with van der Waals surface area (Å²) in [5.41, 5.74) is 9.78. The number of ether oxygens (including phenoxy) is 1. The first-order chi connectivity index (χ1) is 11.2. The predicted octanol–water partition coefficient (Wildman–Crippen LogP) is 2.26. The molecule has 23 heavy (non-hydrogen) atoms. The summed E-state index contributed by atoms with van der Waals surface area (Å²) in [5.74, 6) is 0.516. The molecular formula is C18H30N4O. The van der Waals surface area contributed by atoms with E-state index in [1.807, 2.05) is 0 Å². The lowest BCUT2D eigenvalue weighted by molar-refractivity contribution is 0.0377. The quantitative estimate of drug-likeness (QED) is 0.460. The second kappa shape index (κ2) is 9.53. The van der Waals surface area contributed by atoms with Crippen LogP contribution in [0.4, 0.5) is 5.69 Å². The van der Waals surface area contributed by atoms with E-state index in [1.54, 1.807) is 0 Å². The zero-order chi connectivity index (χ0) is 16.5. The van der Waals surface area contributed by atoms with E-state index >= 15 is 0 Å². The first kappa shape index (κ1) is 17.8. The van der Waals surface area contributed by atoms with E-state index < -0.39 is 0 Å². The van der Waals surface area contributed by atoms with Crippen LogP contribution in [-0.2, 0) is 17.6 Å². The van der Waals surface area contributed by atoms with Gasteiger partial charge in [-0.15, -0.1) is 0 Å². The molecule has 0 saturated carbocycles. The van der Waals surface area contributed by atoms with Crippen molar-refractivity contribution in [2.24, 2.45) is 10.7 Å². The second-order valence-corrected chi connectivity index (χ2v) is 5.86. The Labute approximate surface area is 139 Å². The van der Waals surface area contributed by atoms with E-state index in [4.69, 9.17) is 10.5 Å². The van der Waals surface area contributed by atoms with Gasteiger partial charge < -0.3 is 15.8 Å². The molecule has 1 aliphatic heterocycles. The minimum Gasteiger partial charge on any atom is -0.379 e. The minimum absolute atomic E-state index is 0.516. The van der Waals surface area contributed by atoms with Crippen molar-refractivity contribution in [1.29, 1.82) is 0 Å². The summed E-state index contributed by atoms with van der Waals surface area (Å²) in [6, 6.07) is 6.40. The Balaban J connectivity index is 1.84. The number of aryl methyl sites for hydroxylation is 2. The van der Waals surface area contributed by atoms with Gasteiger partial charge in [0, 0.05) is 31.9 Å². The molecule has 0 unspecified atom stereocenters. The first-order valence-electron chi connectivity index (χ1n) is 8.72. The molecule has 0 atom stereocenters. The molecule has 0 aliphatic carbocycles. The van der Waals surface area contributed by atoms with Gasteiger partial charge in [-0.25, -0.2) is 0 Å². The molecule has 128 valence electrons. The van der Waals surface area contributed by atoms with Crippen molar-refractivity contribution >= 4 is 11.6 Å². The van der Waals surface area contributed by atoms with Gasteiger partial charge in [-0.3, -0.25) is 9.89 Å². The number of hydrogen-bond acceptors (Lipinski definition) is 3. The number of aliphatic imine (C=N–C) groups is 1. The SMILES string of the molecule is CCc1cccc(CC)c1NC(N)=NCCCN1CCOCC1. The second-order valence-electron chi connectivity index (χ2n) is 5.86. The number of benzene rings is 1. The zero-order valence-corrected chi connectivity index (χ0v) is 14.5. The molecule has 1 heterocycles. The number of morpholine rings is 1. The summed E-state index contributed by atoms with van der Waals surface area (Å²) in [4.78, 5) is 6.90. The molecule has 5 nitrogen and oxygen atoms in total. The third kappa shape index (κ3) is 5.52. The molecule has 1 fully saturated rings. The Bertz CT molecular complexity index is 487. The molecule has 3 N–H and O–H groups in total. The van der Waals surface area contributed by atoms with Crippen LogP contribution in [-0.4, -0.2) is 50.3 Å². The van der Waals surface area contributed by atoms with E-state index in [0.717, 1.165) is 64.3 Å². The van der Waals surface area contributed by atoms with Gasteiger partial charge in [0.15, 0.2) is 5.96 Å². The highest BCUT2D eigenvalue weighted by atomic mass is 16.5. The highest BCUT2D eigenvalue weighted by Gasteiger charge is 2.09. The maximum Gasteiger partial charge on any atom is 0.193 e. The molecule has 2 rings (SSSR count). The molecule has 0 aromatic heterocycles. The van der Waals surface area contributed by atoms with E-state index in [-0.39, 0.29) is 0 Å². The van der Waals surface area contributed by atoms with E-state index in [9.17, 15) is 0 Å². The van der Waals surface area contributed by atoms with E-state index in [2.05, 4.69) is 47.3 Å². The normalized spacial score (nSPS) is 16.5. The van der Waals surface area contributed by atoms with Gasteiger partial charge in [-0.2, -0.15) is 0 Å². The van der Waals surface area contributed by atoms with Crippen LogP contribution in [0.5, 0.6) is 0 Å². The fraction of sp³-hybridized carbons (Fsp3) is 0.611. The summed E-state index contributed by atoms with van der Waals surface area (Å²) in [5, 5.41) is 3.31. The number of hydrogen-bond donors (Lipinski definition) is 2. The van der Waals surface area contributed by atoms with Crippen molar-refractivity contribution in [3.8, 4) is 0 Å². The lowest BCUT2D eigenvalue weighted by Crippen LogP contribution is -2.37. The monoisotopic (exact) mass is 318 g/mol. The van der Waals surface area contributed by atoms with E-state index in [1.165, 1.54) is 11.1 Å². The van der Waals surface area contributed by atoms with Crippen LogP contribution in [0.25, 0.3) is 0 Å². The molecule has 0 amide bonds. The summed E-state index contributed by atoms with van der Waals surface area (Å²) < 4.78 is 5.36. The average molecular weight is 318 g/mol. The molecule has 1 saturated heterocycles.